The fourth-order valence-electron chi connectivity index (χ4n) is 3.56. The van der Waals surface area contributed by atoms with Crippen LogP contribution in [0.4, 0.5) is 4.39 Å². The summed E-state index contributed by atoms with van der Waals surface area (Å²) in [7, 11) is 0. The fraction of sp³-hybridized carbons (Fsp3) is 0.259. The maximum atomic E-state index is 14.6. The first-order valence-corrected chi connectivity index (χ1v) is 11.9. The number of hydrogen-bond donors (Lipinski definition) is 1. The molecule has 1 N–H and O–H groups in total. The van der Waals surface area contributed by atoms with Gasteiger partial charge in [-0.3, -0.25) is 9.59 Å². The minimum absolute atomic E-state index is 0.105. The summed E-state index contributed by atoms with van der Waals surface area (Å²) in [6.07, 6.45) is 0.251. The zero-order chi connectivity index (χ0) is 25.4. The number of carbonyl (C=O) groups is 2. The highest BCUT2D eigenvalue weighted by Crippen LogP contribution is 2.27. The van der Waals surface area contributed by atoms with E-state index < -0.39 is 24.4 Å². The third-order valence-electron chi connectivity index (χ3n) is 5.25. The van der Waals surface area contributed by atoms with Gasteiger partial charge >= 0.3 is 0 Å². The smallest absolute Gasteiger partial charge is 0.261 e. The number of ether oxygens (including phenoxy) is 1. The van der Waals surface area contributed by atoms with Gasteiger partial charge in [0, 0.05) is 29.6 Å². The van der Waals surface area contributed by atoms with E-state index in [2.05, 4.69) is 5.32 Å². The molecule has 3 rings (SSSR count). The van der Waals surface area contributed by atoms with Gasteiger partial charge in [0.15, 0.2) is 6.61 Å². The minimum atomic E-state index is -0.892. The molecule has 2 amide bonds. The van der Waals surface area contributed by atoms with Gasteiger partial charge in [-0.1, -0.05) is 71.7 Å². The second kappa shape index (κ2) is 12.6. The summed E-state index contributed by atoms with van der Waals surface area (Å²) in [5, 5.41) is 3.57. The summed E-state index contributed by atoms with van der Waals surface area (Å²) >= 11 is 12.1. The molecule has 0 heterocycles. The number of halogens is 3. The van der Waals surface area contributed by atoms with Crippen LogP contribution in [0.5, 0.6) is 5.75 Å². The van der Waals surface area contributed by atoms with Crippen LogP contribution in [0.1, 0.15) is 25.0 Å². The zero-order valence-electron chi connectivity index (χ0n) is 19.5. The second-order valence-corrected chi connectivity index (χ2v) is 9.19. The molecule has 0 bridgehead atoms. The molecule has 0 unspecified atom stereocenters. The first kappa shape index (κ1) is 26.5. The van der Waals surface area contributed by atoms with Crippen molar-refractivity contribution >= 4 is 35.0 Å². The number of hydrogen-bond acceptors (Lipinski definition) is 3. The van der Waals surface area contributed by atoms with E-state index in [-0.39, 0.29) is 35.7 Å². The van der Waals surface area contributed by atoms with E-state index in [9.17, 15) is 14.0 Å². The van der Waals surface area contributed by atoms with Crippen LogP contribution < -0.4 is 10.1 Å². The summed E-state index contributed by atoms with van der Waals surface area (Å²) in [6, 6.07) is 19.2. The SMILES string of the molecule is CC(C)NC(=O)[C@H](Cc1ccccc1)N(Cc1ccccc1F)C(=O)COc1ccc(Cl)cc1Cl. The van der Waals surface area contributed by atoms with Crippen molar-refractivity contribution in [3.63, 3.8) is 0 Å². The van der Waals surface area contributed by atoms with E-state index in [0.717, 1.165) is 5.56 Å². The highest BCUT2D eigenvalue weighted by Gasteiger charge is 2.31. The Morgan fingerprint density at radius 2 is 1.69 bits per heavy atom. The summed E-state index contributed by atoms with van der Waals surface area (Å²) in [4.78, 5) is 28.1. The first-order chi connectivity index (χ1) is 16.7. The van der Waals surface area contributed by atoms with Gasteiger partial charge in [-0.15, -0.1) is 0 Å². The number of amides is 2. The molecule has 3 aromatic carbocycles. The van der Waals surface area contributed by atoms with Crippen molar-refractivity contribution in [2.75, 3.05) is 6.61 Å². The topological polar surface area (TPSA) is 58.6 Å². The van der Waals surface area contributed by atoms with E-state index in [0.29, 0.717) is 10.6 Å². The van der Waals surface area contributed by atoms with Crippen molar-refractivity contribution < 1.29 is 18.7 Å². The fourth-order valence-corrected chi connectivity index (χ4v) is 4.02. The van der Waals surface area contributed by atoms with Crippen molar-refractivity contribution in [1.82, 2.24) is 10.2 Å². The van der Waals surface area contributed by atoms with Crippen molar-refractivity contribution in [2.24, 2.45) is 0 Å². The van der Waals surface area contributed by atoms with E-state index in [4.69, 9.17) is 27.9 Å². The van der Waals surface area contributed by atoms with Gasteiger partial charge in [0.05, 0.1) is 5.02 Å². The molecule has 0 saturated heterocycles. The predicted octanol–water partition coefficient (Wildman–Crippen LogP) is 5.68. The summed E-state index contributed by atoms with van der Waals surface area (Å²) in [6.45, 7) is 3.18. The maximum Gasteiger partial charge on any atom is 0.261 e. The first-order valence-electron chi connectivity index (χ1n) is 11.2. The summed E-state index contributed by atoms with van der Waals surface area (Å²) < 4.78 is 20.2. The molecule has 35 heavy (non-hydrogen) atoms. The third kappa shape index (κ3) is 7.70. The van der Waals surface area contributed by atoms with Crippen LogP contribution in [-0.4, -0.2) is 35.4 Å². The van der Waals surface area contributed by atoms with Gasteiger partial charge < -0.3 is 15.0 Å². The predicted molar refractivity (Wildman–Crippen MR) is 136 cm³/mol. The molecule has 0 aliphatic rings. The molecule has 5 nitrogen and oxygen atoms in total. The molecule has 0 radical (unpaired) electrons. The third-order valence-corrected chi connectivity index (χ3v) is 5.78. The number of nitrogens with one attached hydrogen (secondary N) is 1. The molecule has 0 aliphatic carbocycles. The highest BCUT2D eigenvalue weighted by atomic mass is 35.5. The van der Waals surface area contributed by atoms with Gasteiger partial charge in [0.1, 0.15) is 17.6 Å². The molecule has 0 aliphatic heterocycles. The van der Waals surface area contributed by atoms with Crippen LogP contribution in [0, 0.1) is 5.82 Å². The van der Waals surface area contributed by atoms with E-state index in [1.807, 2.05) is 44.2 Å². The van der Waals surface area contributed by atoms with Crippen molar-refractivity contribution in [2.45, 2.75) is 38.9 Å². The zero-order valence-corrected chi connectivity index (χ0v) is 21.0. The van der Waals surface area contributed by atoms with Gasteiger partial charge in [0.2, 0.25) is 5.91 Å². The van der Waals surface area contributed by atoms with Crippen LogP contribution in [0.3, 0.4) is 0 Å². The van der Waals surface area contributed by atoms with Crippen molar-refractivity contribution in [1.29, 1.82) is 0 Å². The Morgan fingerprint density at radius 1 is 1.00 bits per heavy atom. The normalized spacial score (nSPS) is 11.7. The lowest BCUT2D eigenvalue weighted by atomic mass is 10.0. The monoisotopic (exact) mass is 516 g/mol. The Bertz CT molecular complexity index is 1160. The molecule has 0 spiro atoms. The molecule has 1 atom stereocenters. The average Bonchev–Trinajstić information content (AvgIpc) is 2.82. The Hall–Kier alpha value is -3.09. The van der Waals surface area contributed by atoms with Crippen LogP contribution in [0.2, 0.25) is 10.0 Å². The quantitative estimate of drug-likeness (QED) is 0.377. The standard InChI is InChI=1S/C27H27Cl2FN2O3/c1-18(2)31-27(34)24(14-19-8-4-3-5-9-19)32(16-20-10-6-7-11-23(20)30)26(33)17-35-25-13-12-21(28)15-22(25)29/h3-13,15,18,24H,14,16-17H2,1-2H3,(H,31,34)/t24-/m0/s1. The van der Waals surface area contributed by atoms with Gasteiger partial charge in [-0.2, -0.15) is 0 Å². The largest absolute Gasteiger partial charge is 0.482 e. The van der Waals surface area contributed by atoms with Crippen molar-refractivity contribution in [3.8, 4) is 5.75 Å². The number of carbonyl (C=O) groups excluding carboxylic acids is 2. The van der Waals surface area contributed by atoms with E-state index >= 15 is 0 Å². The Balaban J connectivity index is 1.93. The second-order valence-electron chi connectivity index (χ2n) is 8.35. The minimum Gasteiger partial charge on any atom is -0.482 e. The summed E-state index contributed by atoms with van der Waals surface area (Å²) in [5.41, 5.74) is 1.16. The summed E-state index contributed by atoms with van der Waals surface area (Å²) in [5.74, 6) is -1.01. The van der Waals surface area contributed by atoms with Gasteiger partial charge in [0.25, 0.3) is 5.91 Å². The number of benzene rings is 3. The highest BCUT2D eigenvalue weighted by molar-refractivity contribution is 6.35. The average molecular weight is 517 g/mol. The van der Waals surface area contributed by atoms with Crippen LogP contribution in [0.15, 0.2) is 72.8 Å². The molecule has 184 valence electrons. The molecule has 8 heteroatoms. The molecule has 0 aromatic heterocycles. The van der Waals surface area contributed by atoms with Gasteiger partial charge in [-0.05, 0) is 43.7 Å². The Kier molecular flexibility index (Phi) is 9.52. The number of rotatable bonds is 10. The molecule has 3 aromatic rings. The van der Waals surface area contributed by atoms with Crippen LogP contribution in [-0.2, 0) is 22.6 Å². The molecular formula is C27H27Cl2FN2O3. The van der Waals surface area contributed by atoms with Crippen LogP contribution >= 0.6 is 23.2 Å². The van der Waals surface area contributed by atoms with E-state index in [1.165, 1.54) is 17.0 Å². The maximum absolute atomic E-state index is 14.6. The van der Waals surface area contributed by atoms with Crippen molar-refractivity contribution in [3.05, 3.63) is 99.8 Å². The molecule has 0 saturated carbocycles. The van der Waals surface area contributed by atoms with Gasteiger partial charge in [-0.25, -0.2) is 4.39 Å². The lowest BCUT2D eigenvalue weighted by molar-refractivity contribution is -0.143. The molecule has 0 fully saturated rings. The Morgan fingerprint density at radius 3 is 2.34 bits per heavy atom. The van der Waals surface area contributed by atoms with Crippen LogP contribution in [0.25, 0.3) is 0 Å². The molecular weight excluding hydrogens is 490 g/mol. The van der Waals surface area contributed by atoms with E-state index in [1.54, 1.807) is 30.3 Å². The Labute approximate surface area is 214 Å². The lowest BCUT2D eigenvalue weighted by Gasteiger charge is -2.32. The number of nitrogens with zero attached hydrogens (tertiary/aromatic N) is 1. The lowest BCUT2D eigenvalue weighted by Crippen LogP contribution is -2.53.